The second kappa shape index (κ2) is 8.08. The van der Waals surface area contributed by atoms with Gasteiger partial charge in [-0.05, 0) is 54.7 Å². The number of hydrogen-bond donors (Lipinski definition) is 1. The first-order valence-corrected chi connectivity index (χ1v) is 10.8. The van der Waals surface area contributed by atoms with Crippen LogP contribution in [0.25, 0.3) is 9.88 Å². The van der Waals surface area contributed by atoms with Gasteiger partial charge in [0.25, 0.3) is 0 Å². The summed E-state index contributed by atoms with van der Waals surface area (Å²) in [5, 5.41) is 8.09. The number of nitrogens with one attached hydrogen (secondary N) is 1. The molecule has 0 saturated carbocycles. The van der Waals surface area contributed by atoms with Crippen LogP contribution in [0.15, 0.2) is 21.3 Å². The van der Waals surface area contributed by atoms with Crippen molar-refractivity contribution in [3.63, 3.8) is 0 Å². The third kappa shape index (κ3) is 4.65. The van der Waals surface area contributed by atoms with Gasteiger partial charge in [-0.25, -0.2) is 4.98 Å². The lowest BCUT2D eigenvalue weighted by Gasteiger charge is -2.20. The molecule has 3 heterocycles. The summed E-state index contributed by atoms with van der Waals surface area (Å²) in [5.41, 5.74) is 0.854. The number of nitrogens with zero attached hydrogens (tertiary/aromatic N) is 2. The molecule has 0 radical (unpaired) electrons. The van der Waals surface area contributed by atoms with Crippen LogP contribution in [0.3, 0.4) is 0 Å². The third-order valence-electron chi connectivity index (χ3n) is 4.31. The van der Waals surface area contributed by atoms with Gasteiger partial charge in [-0.1, -0.05) is 0 Å². The highest BCUT2D eigenvalue weighted by molar-refractivity contribution is 9.10. The molecule has 2 aromatic heterocycles. The molecule has 1 aliphatic rings. The first kappa shape index (κ1) is 18.0. The number of carbonyl (C=O) groups is 1. The minimum atomic E-state index is 0.0715. The Morgan fingerprint density at radius 2 is 2.29 bits per heavy atom. The van der Waals surface area contributed by atoms with Crippen molar-refractivity contribution < 1.29 is 4.79 Å². The van der Waals surface area contributed by atoms with Crippen molar-refractivity contribution >= 4 is 44.5 Å². The van der Waals surface area contributed by atoms with Crippen LogP contribution in [0.1, 0.15) is 26.0 Å². The molecule has 1 fully saturated rings. The summed E-state index contributed by atoms with van der Waals surface area (Å²) in [6, 6.07) is 2.66. The molecular weight excluding hydrogens is 406 g/mol. The van der Waals surface area contributed by atoms with E-state index in [1.165, 1.54) is 6.42 Å². The van der Waals surface area contributed by atoms with Crippen molar-refractivity contribution in [3.05, 3.63) is 27.0 Å². The Kier molecular flexibility index (Phi) is 6.07. The molecule has 7 heteroatoms. The van der Waals surface area contributed by atoms with Crippen LogP contribution in [0.5, 0.6) is 0 Å². The normalized spacial score (nSPS) is 18.4. The van der Waals surface area contributed by atoms with E-state index in [1.54, 1.807) is 22.7 Å². The Bertz CT molecular complexity index is 698. The van der Waals surface area contributed by atoms with Crippen LogP contribution in [0.2, 0.25) is 0 Å². The lowest BCUT2D eigenvalue weighted by Crippen LogP contribution is -2.33. The first-order valence-electron chi connectivity index (χ1n) is 8.21. The molecule has 0 aromatic carbocycles. The highest BCUT2D eigenvalue weighted by atomic mass is 79.9. The first-order chi connectivity index (χ1) is 11.5. The van der Waals surface area contributed by atoms with Gasteiger partial charge in [0.15, 0.2) is 0 Å². The van der Waals surface area contributed by atoms with Crippen LogP contribution in [0, 0.1) is 5.92 Å². The summed E-state index contributed by atoms with van der Waals surface area (Å²) in [6.45, 7) is 7.47. The molecule has 0 bridgehead atoms. The molecule has 1 N–H and O–H groups in total. The van der Waals surface area contributed by atoms with E-state index in [-0.39, 0.29) is 5.91 Å². The van der Waals surface area contributed by atoms with Crippen molar-refractivity contribution in [3.8, 4) is 9.88 Å². The van der Waals surface area contributed by atoms with Gasteiger partial charge in [-0.3, -0.25) is 4.79 Å². The highest BCUT2D eigenvalue weighted by Crippen LogP contribution is 2.32. The van der Waals surface area contributed by atoms with Crippen LogP contribution in [-0.4, -0.2) is 41.5 Å². The Labute approximate surface area is 159 Å². The smallest absolute Gasteiger partial charge is 0.226 e. The van der Waals surface area contributed by atoms with Crippen LogP contribution in [-0.2, 0) is 11.2 Å². The number of amides is 1. The summed E-state index contributed by atoms with van der Waals surface area (Å²) in [7, 11) is 0. The van der Waals surface area contributed by atoms with Gasteiger partial charge in [0.05, 0.1) is 17.0 Å². The summed E-state index contributed by atoms with van der Waals surface area (Å²) in [6.07, 6.45) is 1.54. The van der Waals surface area contributed by atoms with Crippen molar-refractivity contribution in [2.45, 2.75) is 32.7 Å². The second-order valence-corrected chi connectivity index (χ2v) is 9.18. The van der Waals surface area contributed by atoms with Crippen LogP contribution < -0.4 is 5.32 Å². The Balaban J connectivity index is 1.46. The zero-order valence-corrected chi connectivity index (χ0v) is 17.1. The van der Waals surface area contributed by atoms with Crippen molar-refractivity contribution in [2.24, 2.45) is 5.92 Å². The maximum atomic E-state index is 12.2. The lowest BCUT2D eigenvalue weighted by molar-refractivity contribution is -0.120. The second-order valence-electron chi connectivity index (χ2n) is 6.50. The molecule has 3 rings (SSSR count). The fourth-order valence-electron chi connectivity index (χ4n) is 2.91. The van der Waals surface area contributed by atoms with E-state index >= 15 is 0 Å². The average molecular weight is 428 g/mol. The fourth-order valence-corrected chi connectivity index (χ4v) is 5.24. The molecule has 4 nitrogen and oxygen atoms in total. The Hall–Kier alpha value is -0.760. The summed E-state index contributed by atoms with van der Waals surface area (Å²) in [4.78, 5) is 20.4. The highest BCUT2D eigenvalue weighted by Gasteiger charge is 2.24. The van der Waals surface area contributed by atoms with Crippen molar-refractivity contribution in [1.82, 2.24) is 15.2 Å². The van der Waals surface area contributed by atoms with Crippen molar-refractivity contribution in [2.75, 3.05) is 19.6 Å². The number of thiazole rings is 1. The van der Waals surface area contributed by atoms with E-state index in [4.69, 9.17) is 0 Å². The van der Waals surface area contributed by atoms with E-state index < -0.39 is 0 Å². The van der Waals surface area contributed by atoms with E-state index in [0.29, 0.717) is 18.4 Å². The standard InChI is InChI=1S/C17H22BrN3OS2/c1-11(2)21-4-3-12(8-21)7-19-16(22)6-14-10-24-17(20-14)15-5-13(18)9-23-15/h5,9-12H,3-4,6-8H2,1-2H3,(H,19,22). The van der Waals surface area contributed by atoms with Gasteiger partial charge in [0, 0.05) is 34.4 Å². The molecule has 1 aliphatic heterocycles. The molecule has 0 aliphatic carbocycles. The van der Waals surface area contributed by atoms with Gasteiger partial charge >= 0.3 is 0 Å². The van der Waals surface area contributed by atoms with Crippen molar-refractivity contribution in [1.29, 1.82) is 0 Å². The Morgan fingerprint density at radius 1 is 1.46 bits per heavy atom. The minimum absolute atomic E-state index is 0.0715. The lowest BCUT2D eigenvalue weighted by atomic mass is 10.1. The molecule has 1 atom stereocenters. The zero-order chi connectivity index (χ0) is 17.1. The molecule has 1 unspecified atom stereocenters. The number of carbonyl (C=O) groups excluding carboxylic acids is 1. The fraction of sp³-hybridized carbons (Fsp3) is 0.529. The molecule has 0 spiro atoms. The Morgan fingerprint density at radius 3 is 2.96 bits per heavy atom. The number of hydrogen-bond acceptors (Lipinski definition) is 5. The van der Waals surface area contributed by atoms with Gasteiger partial charge in [0.1, 0.15) is 5.01 Å². The van der Waals surface area contributed by atoms with Gasteiger partial charge in [0.2, 0.25) is 5.91 Å². The number of thiophene rings is 1. The SMILES string of the molecule is CC(C)N1CCC(CNC(=O)Cc2csc(-c3cc(Br)cs3)n2)C1. The predicted molar refractivity (Wildman–Crippen MR) is 105 cm³/mol. The van der Waals surface area contributed by atoms with E-state index in [2.05, 4.69) is 51.0 Å². The summed E-state index contributed by atoms with van der Waals surface area (Å²) in [5.74, 6) is 0.646. The summed E-state index contributed by atoms with van der Waals surface area (Å²) < 4.78 is 1.07. The van der Waals surface area contributed by atoms with Gasteiger partial charge < -0.3 is 10.2 Å². The maximum Gasteiger partial charge on any atom is 0.226 e. The van der Waals surface area contributed by atoms with E-state index in [1.807, 2.05) is 10.8 Å². The number of likely N-dealkylation sites (tertiary alicyclic amines) is 1. The zero-order valence-electron chi connectivity index (χ0n) is 13.9. The topological polar surface area (TPSA) is 45.2 Å². The number of aromatic nitrogens is 1. The number of halogens is 1. The van der Waals surface area contributed by atoms with Crippen LogP contribution in [0.4, 0.5) is 0 Å². The third-order valence-corrected chi connectivity index (χ3v) is 7.06. The van der Waals surface area contributed by atoms with E-state index in [9.17, 15) is 4.79 Å². The molecule has 24 heavy (non-hydrogen) atoms. The molecule has 1 amide bonds. The minimum Gasteiger partial charge on any atom is -0.355 e. The largest absolute Gasteiger partial charge is 0.355 e. The average Bonchev–Trinajstić information content (AvgIpc) is 3.25. The number of rotatable bonds is 6. The molecule has 1 saturated heterocycles. The van der Waals surface area contributed by atoms with Gasteiger partial charge in [-0.15, -0.1) is 22.7 Å². The quantitative estimate of drug-likeness (QED) is 0.756. The summed E-state index contributed by atoms with van der Waals surface area (Å²) >= 11 is 6.72. The molecule has 130 valence electrons. The van der Waals surface area contributed by atoms with Crippen LogP contribution >= 0.6 is 38.6 Å². The predicted octanol–water partition coefficient (Wildman–Crippen LogP) is 4.02. The van der Waals surface area contributed by atoms with Gasteiger partial charge in [-0.2, -0.15) is 0 Å². The monoisotopic (exact) mass is 427 g/mol. The van der Waals surface area contributed by atoms with E-state index in [0.717, 1.165) is 39.7 Å². The maximum absolute atomic E-state index is 12.2. The molecule has 2 aromatic rings. The molecular formula is C17H22BrN3OS2.